The molecular formula is C12H25N3. The van der Waals surface area contributed by atoms with E-state index in [-0.39, 0.29) is 0 Å². The number of likely N-dealkylation sites (N-methyl/N-ethyl adjacent to an activating group) is 1. The molecule has 0 saturated carbocycles. The van der Waals surface area contributed by atoms with E-state index in [4.69, 9.17) is 5.73 Å². The Bertz CT molecular complexity index is 197. The average Bonchev–Trinajstić information content (AvgIpc) is 2.65. The van der Waals surface area contributed by atoms with Crippen molar-refractivity contribution >= 4 is 0 Å². The average molecular weight is 211 g/mol. The summed E-state index contributed by atoms with van der Waals surface area (Å²) in [5.41, 5.74) is 5.96. The van der Waals surface area contributed by atoms with Crippen molar-refractivity contribution in [2.24, 2.45) is 11.7 Å². The SMILES string of the molecule is CC(N)C1CCN(C2CCN(C)C2)CC1. The summed E-state index contributed by atoms with van der Waals surface area (Å²) in [4.78, 5) is 5.13. The molecule has 2 saturated heterocycles. The Balaban J connectivity index is 1.78. The zero-order valence-corrected chi connectivity index (χ0v) is 10.2. The van der Waals surface area contributed by atoms with Gasteiger partial charge in [0.1, 0.15) is 0 Å². The third-order valence-corrected chi connectivity index (χ3v) is 4.20. The molecule has 88 valence electrons. The molecular weight excluding hydrogens is 186 g/mol. The number of hydrogen-bond donors (Lipinski definition) is 1. The van der Waals surface area contributed by atoms with Crippen LogP contribution in [0.4, 0.5) is 0 Å². The molecule has 3 nitrogen and oxygen atoms in total. The van der Waals surface area contributed by atoms with Gasteiger partial charge in [-0.25, -0.2) is 0 Å². The summed E-state index contributed by atoms with van der Waals surface area (Å²) >= 11 is 0. The van der Waals surface area contributed by atoms with E-state index >= 15 is 0 Å². The second kappa shape index (κ2) is 4.81. The van der Waals surface area contributed by atoms with Crippen LogP contribution in [0.25, 0.3) is 0 Å². The van der Waals surface area contributed by atoms with Gasteiger partial charge in [-0.2, -0.15) is 0 Å². The van der Waals surface area contributed by atoms with Crippen LogP contribution in [0.2, 0.25) is 0 Å². The Hall–Kier alpha value is -0.120. The molecule has 0 aromatic heterocycles. The first-order valence-corrected chi connectivity index (χ1v) is 6.35. The lowest BCUT2D eigenvalue weighted by molar-refractivity contribution is 0.127. The highest BCUT2D eigenvalue weighted by atomic mass is 15.2. The van der Waals surface area contributed by atoms with Gasteiger partial charge >= 0.3 is 0 Å². The minimum atomic E-state index is 0.387. The maximum atomic E-state index is 5.96. The van der Waals surface area contributed by atoms with Crippen LogP contribution in [0.3, 0.4) is 0 Å². The van der Waals surface area contributed by atoms with E-state index in [0.717, 1.165) is 12.0 Å². The molecule has 0 aromatic rings. The lowest BCUT2D eigenvalue weighted by Crippen LogP contribution is -2.45. The first kappa shape index (κ1) is 11.4. The van der Waals surface area contributed by atoms with Crippen LogP contribution in [0.1, 0.15) is 26.2 Å². The quantitative estimate of drug-likeness (QED) is 0.731. The van der Waals surface area contributed by atoms with Crippen LogP contribution in [0.15, 0.2) is 0 Å². The van der Waals surface area contributed by atoms with E-state index in [9.17, 15) is 0 Å². The third kappa shape index (κ3) is 2.71. The minimum absolute atomic E-state index is 0.387. The first-order valence-electron chi connectivity index (χ1n) is 6.35. The molecule has 2 atom stereocenters. The summed E-state index contributed by atoms with van der Waals surface area (Å²) in [5, 5.41) is 0. The van der Waals surface area contributed by atoms with Crippen LogP contribution < -0.4 is 5.73 Å². The van der Waals surface area contributed by atoms with E-state index in [2.05, 4.69) is 23.8 Å². The van der Waals surface area contributed by atoms with E-state index in [1.807, 2.05) is 0 Å². The van der Waals surface area contributed by atoms with Gasteiger partial charge in [-0.15, -0.1) is 0 Å². The van der Waals surface area contributed by atoms with Crippen molar-refractivity contribution in [3.8, 4) is 0 Å². The minimum Gasteiger partial charge on any atom is -0.328 e. The van der Waals surface area contributed by atoms with E-state index in [1.54, 1.807) is 0 Å². The highest BCUT2D eigenvalue weighted by Gasteiger charge is 2.29. The fourth-order valence-corrected chi connectivity index (χ4v) is 3.02. The molecule has 2 fully saturated rings. The predicted octanol–water partition coefficient (Wildman–Crippen LogP) is 0.750. The molecule has 0 aromatic carbocycles. The Morgan fingerprint density at radius 3 is 2.27 bits per heavy atom. The molecule has 2 aliphatic heterocycles. The molecule has 3 heteroatoms. The second-order valence-electron chi connectivity index (χ2n) is 5.44. The van der Waals surface area contributed by atoms with Gasteiger partial charge in [-0.3, -0.25) is 4.90 Å². The summed E-state index contributed by atoms with van der Waals surface area (Å²) in [6.07, 6.45) is 3.97. The fourth-order valence-electron chi connectivity index (χ4n) is 3.02. The summed E-state index contributed by atoms with van der Waals surface area (Å²) in [6.45, 7) is 7.24. The Kier molecular flexibility index (Phi) is 3.65. The standard InChI is InChI=1S/C12H25N3/c1-10(13)11-3-7-15(8-4-11)12-5-6-14(2)9-12/h10-12H,3-9,13H2,1-2H3. The molecule has 0 radical (unpaired) electrons. The van der Waals surface area contributed by atoms with Crippen molar-refractivity contribution in [1.29, 1.82) is 0 Å². The summed E-state index contributed by atoms with van der Waals surface area (Å²) in [6, 6.07) is 1.21. The van der Waals surface area contributed by atoms with Gasteiger partial charge in [0.05, 0.1) is 0 Å². The van der Waals surface area contributed by atoms with Crippen LogP contribution in [-0.2, 0) is 0 Å². The normalized spacial score (nSPS) is 33.4. The van der Waals surface area contributed by atoms with Gasteiger partial charge < -0.3 is 10.6 Å². The van der Waals surface area contributed by atoms with Crippen molar-refractivity contribution in [3.05, 3.63) is 0 Å². The van der Waals surface area contributed by atoms with Gasteiger partial charge in [0.2, 0.25) is 0 Å². The molecule has 2 unspecified atom stereocenters. The van der Waals surface area contributed by atoms with Crippen LogP contribution in [0, 0.1) is 5.92 Å². The highest BCUT2D eigenvalue weighted by Crippen LogP contribution is 2.24. The number of likely N-dealkylation sites (tertiary alicyclic amines) is 2. The molecule has 0 amide bonds. The van der Waals surface area contributed by atoms with Crippen molar-refractivity contribution in [2.75, 3.05) is 33.2 Å². The maximum Gasteiger partial charge on any atom is 0.0235 e. The topological polar surface area (TPSA) is 32.5 Å². The first-order chi connectivity index (χ1) is 7.16. The summed E-state index contributed by atoms with van der Waals surface area (Å²) in [7, 11) is 2.23. The van der Waals surface area contributed by atoms with Crippen molar-refractivity contribution in [3.63, 3.8) is 0 Å². The number of piperidine rings is 1. The number of rotatable bonds is 2. The predicted molar refractivity (Wildman–Crippen MR) is 63.8 cm³/mol. The smallest absolute Gasteiger partial charge is 0.0235 e. The second-order valence-corrected chi connectivity index (χ2v) is 5.44. The molecule has 2 aliphatic rings. The molecule has 15 heavy (non-hydrogen) atoms. The molecule has 2 rings (SSSR count). The molecule has 0 aliphatic carbocycles. The number of nitrogens with zero attached hydrogens (tertiary/aromatic N) is 2. The van der Waals surface area contributed by atoms with Crippen molar-refractivity contribution in [1.82, 2.24) is 9.80 Å². The molecule has 2 heterocycles. The van der Waals surface area contributed by atoms with E-state index in [1.165, 1.54) is 45.4 Å². The van der Waals surface area contributed by atoms with Gasteiger partial charge in [0, 0.05) is 18.6 Å². The van der Waals surface area contributed by atoms with Crippen LogP contribution in [0.5, 0.6) is 0 Å². The van der Waals surface area contributed by atoms with Crippen LogP contribution >= 0.6 is 0 Å². The molecule has 2 N–H and O–H groups in total. The maximum absolute atomic E-state index is 5.96. The lowest BCUT2D eigenvalue weighted by Gasteiger charge is -2.37. The van der Waals surface area contributed by atoms with E-state index in [0.29, 0.717) is 6.04 Å². The van der Waals surface area contributed by atoms with Gasteiger partial charge in [0.15, 0.2) is 0 Å². The van der Waals surface area contributed by atoms with Crippen molar-refractivity contribution in [2.45, 2.75) is 38.3 Å². The monoisotopic (exact) mass is 211 g/mol. The molecule has 0 spiro atoms. The highest BCUT2D eigenvalue weighted by molar-refractivity contribution is 4.86. The molecule has 0 bridgehead atoms. The van der Waals surface area contributed by atoms with Crippen LogP contribution in [-0.4, -0.2) is 55.1 Å². The summed E-state index contributed by atoms with van der Waals surface area (Å²) < 4.78 is 0. The summed E-state index contributed by atoms with van der Waals surface area (Å²) in [5.74, 6) is 0.764. The zero-order valence-electron chi connectivity index (χ0n) is 10.2. The van der Waals surface area contributed by atoms with Gasteiger partial charge in [0.25, 0.3) is 0 Å². The largest absolute Gasteiger partial charge is 0.328 e. The van der Waals surface area contributed by atoms with E-state index < -0.39 is 0 Å². The number of nitrogens with two attached hydrogens (primary N) is 1. The lowest BCUT2D eigenvalue weighted by atomic mass is 9.90. The third-order valence-electron chi connectivity index (χ3n) is 4.20. The fraction of sp³-hybridized carbons (Fsp3) is 1.00. The number of hydrogen-bond acceptors (Lipinski definition) is 3. The Morgan fingerprint density at radius 2 is 1.80 bits per heavy atom. The Morgan fingerprint density at radius 1 is 1.13 bits per heavy atom. The van der Waals surface area contributed by atoms with Gasteiger partial charge in [-0.05, 0) is 58.8 Å². The Labute approximate surface area is 93.6 Å². The van der Waals surface area contributed by atoms with Crippen molar-refractivity contribution < 1.29 is 0 Å². The van der Waals surface area contributed by atoms with Gasteiger partial charge in [-0.1, -0.05) is 0 Å². The zero-order chi connectivity index (χ0) is 10.8.